The molecule has 1 atom stereocenters. The SMILES string of the molecule is C/C=C1/CCCCC(=O)O[C@H](CO)CC1. The lowest BCUT2D eigenvalue weighted by atomic mass is 10.00. The molecule has 1 aliphatic rings. The summed E-state index contributed by atoms with van der Waals surface area (Å²) in [6, 6.07) is 0. The summed E-state index contributed by atoms with van der Waals surface area (Å²) in [5, 5.41) is 9.05. The molecule has 0 unspecified atom stereocenters. The average Bonchev–Trinajstić information content (AvgIpc) is 2.26. The van der Waals surface area contributed by atoms with Crippen LogP contribution in [0.5, 0.6) is 0 Å². The molecular formula is C12H20O3. The van der Waals surface area contributed by atoms with Gasteiger partial charge in [0.25, 0.3) is 0 Å². The van der Waals surface area contributed by atoms with Crippen LogP contribution in [0.2, 0.25) is 0 Å². The van der Waals surface area contributed by atoms with Gasteiger partial charge in [-0.25, -0.2) is 0 Å². The number of allylic oxidation sites excluding steroid dienone is 2. The third-order valence-electron chi connectivity index (χ3n) is 2.83. The summed E-state index contributed by atoms with van der Waals surface area (Å²) in [6.45, 7) is 1.98. The second-order valence-corrected chi connectivity index (χ2v) is 3.99. The Morgan fingerprint density at radius 2 is 2.13 bits per heavy atom. The highest BCUT2D eigenvalue weighted by atomic mass is 16.5. The van der Waals surface area contributed by atoms with Crippen LogP contribution in [0.15, 0.2) is 11.6 Å². The first kappa shape index (κ1) is 12.2. The van der Waals surface area contributed by atoms with Crippen molar-refractivity contribution in [3.05, 3.63) is 11.6 Å². The molecule has 0 aromatic rings. The first-order valence-corrected chi connectivity index (χ1v) is 5.70. The topological polar surface area (TPSA) is 46.5 Å². The molecule has 0 bridgehead atoms. The minimum absolute atomic E-state index is 0.0667. The molecule has 1 heterocycles. The summed E-state index contributed by atoms with van der Waals surface area (Å²) >= 11 is 0. The monoisotopic (exact) mass is 212 g/mol. The quantitative estimate of drug-likeness (QED) is 0.535. The summed E-state index contributed by atoms with van der Waals surface area (Å²) in [5.41, 5.74) is 1.41. The Kier molecular flexibility index (Phi) is 5.40. The van der Waals surface area contributed by atoms with E-state index in [-0.39, 0.29) is 18.7 Å². The Morgan fingerprint density at radius 3 is 2.80 bits per heavy atom. The van der Waals surface area contributed by atoms with Crippen LogP contribution in [0.4, 0.5) is 0 Å². The number of carbonyl (C=O) groups is 1. The second kappa shape index (κ2) is 6.62. The van der Waals surface area contributed by atoms with Crippen LogP contribution in [0.25, 0.3) is 0 Å². The number of esters is 1. The fraction of sp³-hybridized carbons (Fsp3) is 0.750. The highest BCUT2D eigenvalue weighted by molar-refractivity contribution is 5.69. The maximum Gasteiger partial charge on any atom is 0.306 e. The first-order valence-electron chi connectivity index (χ1n) is 5.70. The number of aliphatic hydroxyl groups is 1. The summed E-state index contributed by atoms with van der Waals surface area (Å²) in [6.07, 6.45) is 6.97. The number of hydrogen-bond acceptors (Lipinski definition) is 3. The third kappa shape index (κ3) is 4.47. The zero-order valence-corrected chi connectivity index (χ0v) is 9.37. The molecule has 1 N–H and O–H groups in total. The standard InChI is InChI=1S/C12H20O3/c1-2-10-5-3-4-6-12(14)15-11(9-13)8-7-10/h2,11,13H,3-9H2,1H3/b10-2-/t11-/m0/s1. The number of carbonyl (C=O) groups excluding carboxylic acids is 1. The van der Waals surface area contributed by atoms with Crippen molar-refractivity contribution in [3.63, 3.8) is 0 Å². The van der Waals surface area contributed by atoms with Gasteiger partial charge in [-0.15, -0.1) is 0 Å². The van der Waals surface area contributed by atoms with Gasteiger partial charge in [0.1, 0.15) is 6.10 Å². The molecule has 3 nitrogen and oxygen atoms in total. The lowest BCUT2D eigenvalue weighted by molar-refractivity contribution is -0.151. The molecule has 0 aromatic carbocycles. The smallest absolute Gasteiger partial charge is 0.306 e. The van der Waals surface area contributed by atoms with Gasteiger partial charge < -0.3 is 9.84 Å². The molecule has 0 saturated carbocycles. The van der Waals surface area contributed by atoms with Crippen LogP contribution in [0, 0.1) is 0 Å². The average molecular weight is 212 g/mol. The van der Waals surface area contributed by atoms with Crippen molar-refractivity contribution in [1.29, 1.82) is 0 Å². The third-order valence-corrected chi connectivity index (χ3v) is 2.83. The number of cyclic esters (lactones) is 1. The van der Waals surface area contributed by atoms with Crippen molar-refractivity contribution < 1.29 is 14.6 Å². The van der Waals surface area contributed by atoms with Crippen LogP contribution < -0.4 is 0 Å². The van der Waals surface area contributed by atoms with E-state index < -0.39 is 0 Å². The van der Waals surface area contributed by atoms with Crippen LogP contribution in [0.3, 0.4) is 0 Å². The van der Waals surface area contributed by atoms with Crippen molar-refractivity contribution in [2.24, 2.45) is 0 Å². The normalized spacial score (nSPS) is 27.5. The number of aliphatic hydroxyl groups excluding tert-OH is 1. The summed E-state index contributed by atoms with van der Waals surface area (Å²) in [4.78, 5) is 11.3. The van der Waals surface area contributed by atoms with E-state index >= 15 is 0 Å². The van der Waals surface area contributed by atoms with Gasteiger partial charge in [0.2, 0.25) is 0 Å². The molecular weight excluding hydrogens is 192 g/mol. The van der Waals surface area contributed by atoms with Gasteiger partial charge in [0.15, 0.2) is 0 Å². The molecule has 0 spiro atoms. The van der Waals surface area contributed by atoms with E-state index in [1.54, 1.807) is 0 Å². The highest BCUT2D eigenvalue weighted by Crippen LogP contribution is 2.19. The van der Waals surface area contributed by atoms with E-state index in [1.165, 1.54) is 5.57 Å². The van der Waals surface area contributed by atoms with Gasteiger partial charge in [0.05, 0.1) is 6.61 Å². The minimum atomic E-state index is -0.314. The van der Waals surface area contributed by atoms with E-state index in [1.807, 2.05) is 6.92 Å². The maximum atomic E-state index is 11.3. The highest BCUT2D eigenvalue weighted by Gasteiger charge is 2.15. The molecule has 0 amide bonds. The van der Waals surface area contributed by atoms with E-state index in [0.29, 0.717) is 6.42 Å². The van der Waals surface area contributed by atoms with Gasteiger partial charge in [-0.05, 0) is 39.0 Å². The molecule has 1 rings (SSSR count). The molecule has 15 heavy (non-hydrogen) atoms. The molecule has 1 aliphatic heterocycles. The molecule has 1 saturated heterocycles. The maximum absolute atomic E-state index is 11.3. The van der Waals surface area contributed by atoms with Crippen molar-refractivity contribution in [3.8, 4) is 0 Å². The fourth-order valence-corrected chi connectivity index (χ4v) is 1.81. The number of ether oxygens (including phenoxy) is 1. The largest absolute Gasteiger partial charge is 0.460 e. The Balaban J connectivity index is 2.53. The van der Waals surface area contributed by atoms with Crippen molar-refractivity contribution in [1.82, 2.24) is 0 Å². The van der Waals surface area contributed by atoms with Crippen LogP contribution in [-0.4, -0.2) is 23.8 Å². The van der Waals surface area contributed by atoms with Gasteiger partial charge in [-0.3, -0.25) is 4.79 Å². The Hall–Kier alpha value is -0.830. The molecule has 1 fully saturated rings. The second-order valence-electron chi connectivity index (χ2n) is 3.99. The number of rotatable bonds is 1. The predicted octanol–water partition coefficient (Wildman–Crippen LogP) is 2.19. The summed E-state index contributed by atoms with van der Waals surface area (Å²) in [7, 11) is 0. The van der Waals surface area contributed by atoms with Gasteiger partial charge in [0, 0.05) is 6.42 Å². The molecule has 86 valence electrons. The Morgan fingerprint density at radius 1 is 1.40 bits per heavy atom. The van der Waals surface area contributed by atoms with Crippen LogP contribution >= 0.6 is 0 Å². The first-order chi connectivity index (χ1) is 7.26. The van der Waals surface area contributed by atoms with Crippen molar-refractivity contribution in [2.75, 3.05) is 6.61 Å². The lowest BCUT2D eigenvalue weighted by Gasteiger charge is -2.18. The summed E-state index contributed by atoms with van der Waals surface area (Å²) < 4.78 is 5.15. The van der Waals surface area contributed by atoms with Gasteiger partial charge in [-0.2, -0.15) is 0 Å². The van der Waals surface area contributed by atoms with Gasteiger partial charge in [-0.1, -0.05) is 11.6 Å². The minimum Gasteiger partial charge on any atom is -0.460 e. The summed E-state index contributed by atoms with van der Waals surface area (Å²) in [5.74, 6) is -0.169. The van der Waals surface area contributed by atoms with Gasteiger partial charge >= 0.3 is 5.97 Å². The molecule has 0 radical (unpaired) electrons. The van der Waals surface area contributed by atoms with E-state index in [0.717, 1.165) is 32.1 Å². The van der Waals surface area contributed by atoms with Crippen LogP contribution in [-0.2, 0) is 9.53 Å². The Bertz CT molecular complexity index is 233. The van der Waals surface area contributed by atoms with Crippen molar-refractivity contribution in [2.45, 2.75) is 51.6 Å². The molecule has 0 aliphatic carbocycles. The van der Waals surface area contributed by atoms with E-state index in [4.69, 9.17) is 9.84 Å². The predicted molar refractivity (Wildman–Crippen MR) is 58.4 cm³/mol. The fourth-order valence-electron chi connectivity index (χ4n) is 1.81. The molecule has 0 aromatic heterocycles. The zero-order chi connectivity index (χ0) is 11.1. The lowest BCUT2D eigenvalue weighted by Crippen LogP contribution is -2.22. The molecule has 3 heteroatoms. The number of hydrogen-bond donors (Lipinski definition) is 1. The van der Waals surface area contributed by atoms with Crippen LogP contribution in [0.1, 0.15) is 45.4 Å². The zero-order valence-electron chi connectivity index (χ0n) is 9.37. The van der Waals surface area contributed by atoms with E-state index in [9.17, 15) is 4.79 Å². The van der Waals surface area contributed by atoms with E-state index in [2.05, 4.69) is 6.08 Å². The Labute approximate surface area is 91.1 Å². The van der Waals surface area contributed by atoms with Crippen molar-refractivity contribution >= 4 is 5.97 Å².